The summed E-state index contributed by atoms with van der Waals surface area (Å²) in [6, 6.07) is 5.00. The number of aryl methyl sites for hydroxylation is 1. The molecule has 3 aliphatic heterocycles. The van der Waals surface area contributed by atoms with Gasteiger partial charge in [0.1, 0.15) is 11.4 Å². The Labute approximate surface area is 236 Å². The van der Waals surface area contributed by atoms with Crippen LogP contribution in [0.2, 0.25) is 0 Å². The topological polar surface area (TPSA) is 121 Å². The molecule has 0 atom stereocenters. The second kappa shape index (κ2) is 12.9. The number of nitrogens with one attached hydrogen (secondary N) is 2. The van der Waals surface area contributed by atoms with Crippen LogP contribution in [0.3, 0.4) is 0 Å². The molecule has 11 nitrogen and oxygen atoms in total. The summed E-state index contributed by atoms with van der Waals surface area (Å²) >= 11 is 0. The molecule has 3 heterocycles. The summed E-state index contributed by atoms with van der Waals surface area (Å²) in [5.41, 5.74) is 1.06. The van der Waals surface area contributed by atoms with Crippen molar-refractivity contribution < 1.29 is 28.7 Å². The third-order valence-electron chi connectivity index (χ3n) is 7.63. The number of urea groups is 1. The van der Waals surface area contributed by atoms with Gasteiger partial charge in [0.05, 0.1) is 5.69 Å². The molecule has 5 amide bonds. The Kier molecular flexibility index (Phi) is 9.55. The summed E-state index contributed by atoms with van der Waals surface area (Å²) < 4.78 is 11.2. The molecule has 0 aliphatic carbocycles. The van der Waals surface area contributed by atoms with Crippen LogP contribution in [0.5, 0.6) is 5.75 Å². The van der Waals surface area contributed by atoms with E-state index in [1.165, 1.54) is 4.90 Å². The number of anilines is 1. The average Bonchev–Trinajstić information content (AvgIpc) is 2.89. The Morgan fingerprint density at radius 2 is 1.73 bits per heavy atom. The van der Waals surface area contributed by atoms with E-state index < -0.39 is 11.6 Å². The number of nitrogens with zero attached hydrogens (tertiary/aromatic N) is 3. The third-order valence-corrected chi connectivity index (χ3v) is 7.63. The molecule has 0 spiro atoms. The van der Waals surface area contributed by atoms with Gasteiger partial charge in [0.15, 0.2) is 6.61 Å². The SMILES string of the molecule is Cc1ccc(OCC(=O)NC2CCN(CC3CCN(C(=O)OC(C)(C)C)CC3)CC2)cc1N1CCC(=O)NC1=O. The van der Waals surface area contributed by atoms with Gasteiger partial charge in [0, 0.05) is 57.8 Å². The number of ether oxygens (including phenoxy) is 2. The van der Waals surface area contributed by atoms with Crippen molar-refractivity contribution in [3.63, 3.8) is 0 Å². The zero-order chi connectivity index (χ0) is 28.9. The van der Waals surface area contributed by atoms with Gasteiger partial charge in [-0.3, -0.25) is 19.8 Å². The maximum Gasteiger partial charge on any atom is 0.410 e. The molecule has 2 N–H and O–H groups in total. The highest BCUT2D eigenvalue weighted by Gasteiger charge is 2.29. The predicted octanol–water partition coefficient (Wildman–Crippen LogP) is 3.05. The monoisotopic (exact) mass is 557 g/mol. The largest absolute Gasteiger partial charge is 0.484 e. The summed E-state index contributed by atoms with van der Waals surface area (Å²) in [6.45, 7) is 12.1. The van der Waals surface area contributed by atoms with Gasteiger partial charge < -0.3 is 24.6 Å². The molecule has 11 heteroatoms. The lowest BCUT2D eigenvalue weighted by atomic mass is 9.95. The predicted molar refractivity (Wildman–Crippen MR) is 150 cm³/mol. The molecule has 3 saturated heterocycles. The van der Waals surface area contributed by atoms with Gasteiger partial charge in [0.2, 0.25) is 5.91 Å². The van der Waals surface area contributed by atoms with E-state index in [4.69, 9.17) is 9.47 Å². The lowest BCUT2D eigenvalue weighted by molar-refractivity contribution is -0.124. The highest BCUT2D eigenvalue weighted by Crippen LogP contribution is 2.27. The average molecular weight is 558 g/mol. The van der Waals surface area contributed by atoms with E-state index in [1.807, 2.05) is 38.7 Å². The summed E-state index contributed by atoms with van der Waals surface area (Å²) in [5.74, 6) is 0.605. The van der Waals surface area contributed by atoms with Gasteiger partial charge in [-0.2, -0.15) is 0 Å². The van der Waals surface area contributed by atoms with Crippen LogP contribution in [0, 0.1) is 12.8 Å². The normalized spacial score (nSPS) is 19.8. The highest BCUT2D eigenvalue weighted by atomic mass is 16.6. The van der Waals surface area contributed by atoms with Crippen LogP contribution in [-0.4, -0.2) is 91.3 Å². The van der Waals surface area contributed by atoms with E-state index in [2.05, 4.69) is 15.5 Å². The van der Waals surface area contributed by atoms with Crippen LogP contribution in [0.15, 0.2) is 18.2 Å². The minimum atomic E-state index is -0.472. The second-order valence-electron chi connectivity index (χ2n) is 12.0. The van der Waals surface area contributed by atoms with Crippen molar-refractivity contribution in [1.82, 2.24) is 20.4 Å². The van der Waals surface area contributed by atoms with Crippen LogP contribution in [-0.2, 0) is 14.3 Å². The van der Waals surface area contributed by atoms with Gasteiger partial charge in [-0.1, -0.05) is 6.07 Å². The summed E-state index contributed by atoms with van der Waals surface area (Å²) in [6.07, 6.45) is 3.76. The van der Waals surface area contributed by atoms with E-state index in [9.17, 15) is 19.2 Å². The third kappa shape index (κ3) is 8.33. The molecule has 0 radical (unpaired) electrons. The van der Waals surface area contributed by atoms with Crippen molar-refractivity contribution in [2.45, 2.75) is 71.4 Å². The van der Waals surface area contributed by atoms with Crippen LogP contribution < -0.4 is 20.3 Å². The first kappa shape index (κ1) is 29.6. The molecule has 1 aromatic rings. The number of benzene rings is 1. The maximum absolute atomic E-state index is 12.6. The number of hydrogen-bond acceptors (Lipinski definition) is 7. The van der Waals surface area contributed by atoms with Crippen LogP contribution in [0.1, 0.15) is 58.4 Å². The minimum absolute atomic E-state index is 0.108. The number of piperidine rings is 2. The molecule has 0 saturated carbocycles. The zero-order valence-electron chi connectivity index (χ0n) is 24.2. The van der Waals surface area contributed by atoms with E-state index >= 15 is 0 Å². The molecule has 220 valence electrons. The molecule has 1 aromatic carbocycles. The molecule has 0 unspecified atom stereocenters. The molecule has 0 bridgehead atoms. The number of likely N-dealkylation sites (tertiary alicyclic amines) is 2. The smallest absolute Gasteiger partial charge is 0.410 e. The number of carbonyl (C=O) groups is 4. The molecule has 40 heavy (non-hydrogen) atoms. The maximum atomic E-state index is 12.6. The standard InChI is InChI=1S/C29H43N5O6/c1-20-5-6-23(17-24(20)34-16-11-25(35)31-27(34)37)39-19-26(36)30-22-9-12-32(13-10-22)18-21-7-14-33(15-8-21)28(38)40-29(2,3)4/h5-6,17,21-22H,7-16,18-19H2,1-4H3,(H,30,36)(H,31,35,37). The quantitative estimate of drug-likeness (QED) is 0.529. The highest BCUT2D eigenvalue weighted by molar-refractivity contribution is 6.06. The Bertz CT molecular complexity index is 1090. The summed E-state index contributed by atoms with van der Waals surface area (Å²) in [4.78, 5) is 54.4. The Morgan fingerprint density at radius 3 is 2.38 bits per heavy atom. The van der Waals surface area contributed by atoms with Gasteiger partial charge in [-0.15, -0.1) is 0 Å². The van der Waals surface area contributed by atoms with Crippen LogP contribution in [0.4, 0.5) is 15.3 Å². The number of amides is 5. The van der Waals surface area contributed by atoms with Gasteiger partial charge in [-0.05, 0) is 70.9 Å². The Balaban J connectivity index is 1.15. The van der Waals surface area contributed by atoms with Crippen molar-refractivity contribution in [1.29, 1.82) is 0 Å². The van der Waals surface area contributed by atoms with E-state index in [1.54, 1.807) is 12.1 Å². The Hall–Kier alpha value is -3.34. The van der Waals surface area contributed by atoms with Gasteiger partial charge in [0.25, 0.3) is 5.91 Å². The first-order chi connectivity index (χ1) is 19.0. The fraction of sp³-hybridized carbons (Fsp3) is 0.655. The van der Waals surface area contributed by atoms with Crippen molar-refractivity contribution in [3.8, 4) is 5.75 Å². The summed E-state index contributed by atoms with van der Waals surface area (Å²) in [5, 5.41) is 5.42. The van der Waals surface area contributed by atoms with Crippen LogP contribution in [0.25, 0.3) is 0 Å². The molecular weight excluding hydrogens is 514 g/mol. The molecule has 3 fully saturated rings. The molecule has 4 rings (SSSR count). The zero-order valence-corrected chi connectivity index (χ0v) is 24.2. The fourth-order valence-corrected chi connectivity index (χ4v) is 5.43. The van der Waals surface area contributed by atoms with Crippen molar-refractivity contribution in [3.05, 3.63) is 23.8 Å². The second-order valence-corrected chi connectivity index (χ2v) is 12.0. The number of carbonyl (C=O) groups excluding carboxylic acids is 4. The first-order valence-corrected chi connectivity index (χ1v) is 14.3. The molecule has 0 aromatic heterocycles. The van der Waals surface area contributed by atoms with Gasteiger partial charge >= 0.3 is 12.1 Å². The lowest BCUT2D eigenvalue weighted by Gasteiger charge is -2.38. The lowest BCUT2D eigenvalue weighted by Crippen LogP contribution is -2.49. The molecular formula is C29H43N5O6. The van der Waals surface area contributed by atoms with Crippen molar-refractivity contribution in [2.24, 2.45) is 5.92 Å². The first-order valence-electron chi connectivity index (χ1n) is 14.3. The van der Waals surface area contributed by atoms with Crippen molar-refractivity contribution >= 4 is 29.6 Å². The fourth-order valence-electron chi connectivity index (χ4n) is 5.43. The number of hydrogen-bond donors (Lipinski definition) is 2. The van der Waals surface area contributed by atoms with E-state index in [-0.39, 0.29) is 37.0 Å². The molecule has 3 aliphatic rings. The van der Waals surface area contributed by atoms with Gasteiger partial charge in [-0.25, -0.2) is 9.59 Å². The number of rotatable bonds is 7. The number of imide groups is 1. The van der Waals surface area contributed by atoms with Crippen LogP contribution >= 0.6 is 0 Å². The summed E-state index contributed by atoms with van der Waals surface area (Å²) in [7, 11) is 0. The van der Waals surface area contributed by atoms with E-state index in [0.717, 1.165) is 64.0 Å². The van der Waals surface area contributed by atoms with Crippen molar-refractivity contribution in [2.75, 3.05) is 50.8 Å². The Morgan fingerprint density at radius 1 is 1.02 bits per heavy atom. The minimum Gasteiger partial charge on any atom is -0.484 e. The van der Waals surface area contributed by atoms with E-state index in [0.29, 0.717) is 23.9 Å².